The molecule has 0 atom stereocenters. The molecule has 0 bridgehead atoms. The maximum absolute atomic E-state index is 12.6. The van der Waals surface area contributed by atoms with Gasteiger partial charge < -0.3 is 14.6 Å². The predicted octanol–water partition coefficient (Wildman–Crippen LogP) is 4.62. The molecule has 0 unspecified atom stereocenters. The Balaban J connectivity index is 1.66. The third kappa shape index (κ3) is 4.47. The number of hydrogen-bond acceptors (Lipinski definition) is 3. The average Bonchev–Trinajstić information content (AvgIpc) is 3.26. The van der Waals surface area contributed by atoms with E-state index in [-0.39, 0.29) is 6.03 Å². The van der Waals surface area contributed by atoms with Crippen molar-refractivity contribution in [3.63, 3.8) is 0 Å². The maximum atomic E-state index is 12.6. The molecular formula is C18H18N2O2S. The molecule has 5 heteroatoms. The van der Waals surface area contributed by atoms with Gasteiger partial charge in [0.25, 0.3) is 0 Å². The third-order valence-electron chi connectivity index (χ3n) is 3.47. The monoisotopic (exact) mass is 326 g/mol. The van der Waals surface area contributed by atoms with Gasteiger partial charge in [-0.1, -0.05) is 24.3 Å². The lowest BCUT2D eigenvalue weighted by Gasteiger charge is -2.22. The molecule has 1 aromatic carbocycles. The van der Waals surface area contributed by atoms with E-state index in [4.69, 9.17) is 4.42 Å². The fraction of sp³-hybridized carbons (Fsp3) is 0.167. The van der Waals surface area contributed by atoms with Crippen LogP contribution in [-0.4, -0.2) is 17.5 Å². The summed E-state index contributed by atoms with van der Waals surface area (Å²) in [4.78, 5) is 15.7. The van der Waals surface area contributed by atoms with Crippen LogP contribution in [0.2, 0.25) is 0 Å². The summed E-state index contributed by atoms with van der Waals surface area (Å²) >= 11 is 1.71. The van der Waals surface area contributed by atoms with E-state index in [2.05, 4.69) is 16.8 Å². The molecule has 0 spiro atoms. The van der Waals surface area contributed by atoms with E-state index in [0.29, 0.717) is 13.1 Å². The predicted molar refractivity (Wildman–Crippen MR) is 92.6 cm³/mol. The summed E-state index contributed by atoms with van der Waals surface area (Å²) in [5.74, 6) is 0. The Morgan fingerprint density at radius 1 is 1.13 bits per heavy atom. The van der Waals surface area contributed by atoms with Crippen molar-refractivity contribution in [1.82, 2.24) is 4.90 Å². The van der Waals surface area contributed by atoms with Crippen molar-refractivity contribution in [3.8, 4) is 0 Å². The van der Waals surface area contributed by atoms with Crippen LogP contribution in [0.3, 0.4) is 0 Å². The Hall–Kier alpha value is -2.53. The highest BCUT2D eigenvalue weighted by Gasteiger charge is 2.15. The van der Waals surface area contributed by atoms with Crippen molar-refractivity contribution >= 4 is 23.1 Å². The Bertz CT molecular complexity index is 709. The summed E-state index contributed by atoms with van der Waals surface area (Å²) in [7, 11) is 0. The van der Waals surface area contributed by atoms with Crippen LogP contribution in [0, 0.1) is 0 Å². The topological polar surface area (TPSA) is 45.5 Å². The molecule has 0 fully saturated rings. The summed E-state index contributed by atoms with van der Waals surface area (Å²) in [5, 5.41) is 5.00. The number of rotatable bonds is 6. The second-order valence-electron chi connectivity index (χ2n) is 5.18. The smallest absolute Gasteiger partial charge is 0.322 e. The van der Waals surface area contributed by atoms with E-state index in [1.54, 1.807) is 28.8 Å². The van der Waals surface area contributed by atoms with Crippen molar-refractivity contribution in [1.29, 1.82) is 0 Å². The molecule has 0 aliphatic heterocycles. The molecule has 0 saturated heterocycles. The fourth-order valence-corrected chi connectivity index (χ4v) is 2.98. The fourth-order valence-electron chi connectivity index (χ4n) is 2.28. The molecule has 2 aromatic heterocycles. The van der Waals surface area contributed by atoms with E-state index in [0.717, 1.165) is 17.7 Å². The summed E-state index contributed by atoms with van der Waals surface area (Å²) in [6.07, 6.45) is 4.15. The molecule has 23 heavy (non-hydrogen) atoms. The third-order valence-corrected chi connectivity index (χ3v) is 4.41. The van der Waals surface area contributed by atoms with Crippen molar-refractivity contribution < 1.29 is 9.21 Å². The number of thiophene rings is 1. The molecule has 3 aromatic rings. The highest BCUT2D eigenvalue weighted by molar-refractivity contribution is 7.09. The minimum Gasteiger partial charge on any atom is -0.472 e. The van der Waals surface area contributed by atoms with Crippen molar-refractivity contribution in [2.45, 2.75) is 13.0 Å². The number of nitrogens with zero attached hydrogens (tertiary/aromatic N) is 1. The Kier molecular flexibility index (Phi) is 5.11. The van der Waals surface area contributed by atoms with Crippen LogP contribution < -0.4 is 5.32 Å². The van der Waals surface area contributed by atoms with Gasteiger partial charge in [-0.15, -0.1) is 11.3 Å². The van der Waals surface area contributed by atoms with Crippen molar-refractivity contribution in [3.05, 3.63) is 76.9 Å². The summed E-state index contributed by atoms with van der Waals surface area (Å²) in [6.45, 7) is 1.19. The number of benzene rings is 1. The van der Waals surface area contributed by atoms with Crippen LogP contribution >= 0.6 is 11.3 Å². The molecule has 2 heterocycles. The second kappa shape index (κ2) is 7.65. The molecule has 0 aliphatic carbocycles. The minimum atomic E-state index is -0.103. The van der Waals surface area contributed by atoms with Crippen LogP contribution in [-0.2, 0) is 13.0 Å². The Labute approximate surface area is 139 Å². The Morgan fingerprint density at radius 2 is 2.00 bits per heavy atom. The van der Waals surface area contributed by atoms with Crippen LogP contribution in [0.5, 0.6) is 0 Å². The lowest BCUT2D eigenvalue weighted by molar-refractivity contribution is 0.210. The Morgan fingerprint density at radius 3 is 2.70 bits per heavy atom. The molecule has 118 valence electrons. The number of hydrogen-bond donors (Lipinski definition) is 1. The molecular weight excluding hydrogens is 308 g/mol. The van der Waals surface area contributed by atoms with Crippen LogP contribution in [0.25, 0.3) is 0 Å². The number of carbonyl (C=O) groups excluding carboxylic acids is 1. The minimum absolute atomic E-state index is 0.103. The number of amides is 2. The van der Waals surface area contributed by atoms with Gasteiger partial charge in [0, 0.05) is 22.7 Å². The first kappa shape index (κ1) is 15.4. The van der Waals surface area contributed by atoms with E-state index in [1.807, 2.05) is 42.5 Å². The van der Waals surface area contributed by atoms with Gasteiger partial charge in [0.2, 0.25) is 0 Å². The van der Waals surface area contributed by atoms with Gasteiger partial charge in [-0.3, -0.25) is 0 Å². The second-order valence-corrected chi connectivity index (χ2v) is 6.21. The van der Waals surface area contributed by atoms with E-state index in [9.17, 15) is 4.79 Å². The van der Waals surface area contributed by atoms with Gasteiger partial charge >= 0.3 is 6.03 Å². The standard InChI is InChI=1S/C18H18N2O2S/c21-18(19-16-5-2-1-3-6-16)20(13-15-9-11-22-14-15)10-8-17-7-4-12-23-17/h1-7,9,11-12,14H,8,10,13H2,(H,19,21). The normalized spacial score (nSPS) is 10.4. The number of nitrogens with one attached hydrogen (secondary N) is 1. The van der Waals surface area contributed by atoms with Gasteiger partial charge in [0.05, 0.1) is 19.1 Å². The zero-order valence-electron chi connectivity index (χ0n) is 12.6. The SMILES string of the molecule is O=C(Nc1ccccc1)N(CCc1cccs1)Cc1ccoc1. The zero-order chi connectivity index (χ0) is 15.9. The van der Waals surface area contributed by atoms with E-state index in [1.165, 1.54) is 4.88 Å². The number of anilines is 1. The molecule has 0 aliphatic rings. The van der Waals surface area contributed by atoms with Crippen LogP contribution in [0.1, 0.15) is 10.4 Å². The van der Waals surface area contributed by atoms with Gasteiger partial charge in [-0.25, -0.2) is 4.79 Å². The molecule has 4 nitrogen and oxygen atoms in total. The van der Waals surface area contributed by atoms with Crippen molar-refractivity contribution in [2.75, 3.05) is 11.9 Å². The largest absolute Gasteiger partial charge is 0.472 e. The van der Waals surface area contributed by atoms with Gasteiger partial charge in [0.1, 0.15) is 0 Å². The summed E-state index contributed by atoms with van der Waals surface area (Å²) < 4.78 is 5.11. The quantitative estimate of drug-likeness (QED) is 0.718. The first-order valence-corrected chi connectivity index (χ1v) is 8.33. The van der Waals surface area contributed by atoms with Crippen LogP contribution in [0.15, 0.2) is 70.9 Å². The zero-order valence-corrected chi connectivity index (χ0v) is 13.5. The average molecular weight is 326 g/mol. The lowest BCUT2D eigenvalue weighted by Crippen LogP contribution is -2.35. The molecule has 1 N–H and O–H groups in total. The molecule has 2 amide bonds. The highest BCUT2D eigenvalue weighted by atomic mass is 32.1. The first-order valence-electron chi connectivity index (χ1n) is 7.46. The number of carbonyl (C=O) groups is 1. The number of para-hydroxylation sites is 1. The highest BCUT2D eigenvalue weighted by Crippen LogP contribution is 2.14. The van der Waals surface area contributed by atoms with Crippen LogP contribution in [0.4, 0.5) is 10.5 Å². The molecule has 0 saturated carbocycles. The molecule has 0 radical (unpaired) electrons. The summed E-state index contributed by atoms with van der Waals surface area (Å²) in [6, 6.07) is 15.4. The molecule has 3 rings (SSSR count). The number of urea groups is 1. The number of furan rings is 1. The first-order chi connectivity index (χ1) is 11.3. The van der Waals surface area contributed by atoms with Crippen molar-refractivity contribution in [2.24, 2.45) is 0 Å². The lowest BCUT2D eigenvalue weighted by atomic mass is 10.2. The van der Waals surface area contributed by atoms with Gasteiger partial charge in [-0.2, -0.15) is 0 Å². The maximum Gasteiger partial charge on any atom is 0.322 e. The van der Waals surface area contributed by atoms with E-state index < -0.39 is 0 Å². The summed E-state index contributed by atoms with van der Waals surface area (Å²) in [5.41, 5.74) is 1.78. The van der Waals surface area contributed by atoms with Gasteiger partial charge in [0.15, 0.2) is 0 Å². The van der Waals surface area contributed by atoms with Gasteiger partial charge in [-0.05, 0) is 36.1 Å². The van der Waals surface area contributed by atoms with E-state index >= 15 is 0 Å².